The molecular formula is C11H25N. The zero-order valence-corrected chi connectivity index (χ0v) is 9.41. The van der Waals surface area contributed by atoms with Crippen LogP contribution in [-0.4, -0.2) is 5.54 Å². The summed E-state index contributed by atoms with van der Waals surface area (Å²) >= 11 is 0. The summed E-state index contributed by atoms with van der Waals surface area (Å²) in [5.74, 6) is 0. The van der Waals surface area contributed by atoms with E-state index >= 15 is 0 Å². The molecule has 12 heavy (non-hydrogen) atoms. The SMILES string of the molecule is CCC(C)(CC)C(N)(CC)CC. The van der Waals surface area contributed by atoms with Crippen molar-refractivity contribution in [1.29, 1.82) is 0 Å². The van der Waals surface area contributed by atoms with Crippen LogP contribution in [0.1, 0.15) is 60.3 Å². The second kappa shape index (κ2) is 4.27. The van der Waals surface area contributed by atoms with Crippen molar-refractivity contribution in [2.75, 3.05) is 0 Å². The standard InChI is InChI=1S/C11H25N/c1-6-10(5,7-2)11(12,8-3)9-4/h6-9,12H2,1-5H3. The maximum Gasteiger partial charge on any atom is 0.0203 e. The van der Waals surface area contributed by atoms with Gasteiger partial charge in [0.1, 0.15) is 0 Å². The quantitative estimate of drug-likeness (QED) is 0.674. The third-order valence-corrected chi connectivity index (χ3v) is 4.02. The van der Waals surface area contributed by atoms with Gasteiger partial charge in [0, 0.05) is 5.54 Å². The third-order valence-electron chi connectivity index (χ3n) is 4.02. The highest BCUT2D eigenvalue weighted by Crippen LogP contribution is 2.40. The van der Waals surface area contributed by atoms with Gasteiger partial charge in [-0.2, -0.15) is 0 Å². The molecule has 0 aliphatic carbocycles. The van der Waals surface area contributed by atoms with Gasteiger partial charge in [-0.3, -0.25) is 0 Å². The molecule has 1 nitrogen and oxygen atoms in total. The summed E-state index contributed by atoms with van der Waals surface area (Å²) in [5, 5.41) is 0. The molecule has 0 aromatic carbocycles. The largest absolute Gasteiger partial charge is 0.325 e. The van der Waals surface area contributed by atoms with Gasteiger partial charge in [0.2, 0.25) is 0 Å². The van der Waals surface area contributed by atoms with Crippen LogP contribution in [0.2, 0.25) is 0 Å². The maximum atomic E-state index is 6.40. The van der Waals surface area contributed by atoms with Crippen LogP contribution >= 0.6 is 0 Å². The summed E-state index contributed by atoms with van der Waals surface area (Å²) in [6.45, 7) is 11.2. The summed E-state index contributed by atoms with van der Waals surface area (Å²) in [5.41, 5.74) is 6.75. The van der Waals surface area contributed by atoms with E-state index in [9.17, 15) is 0 Å². The highest BCUT2D eigenvalue weighted by Gasteiger charge is 2.39. The summed E-state index contributed by atoms with van der Waals surface area (Å²) in [6, 6.07) is 0. The van der Waals surface area contributed by atoms with Gasteiger partial charge >= 0.3 is 0 Å². The van der Waals surface area contributed by atoms with Gasteiger partial charge in [-0.25, -0.2) is 0 Å². The average Bonchev–Trinajstić information content (AvgIpc) is 2.15. The first kappa shape index (κ1) is 12.0. The summed E-state index contributed by atoms with van der Waals surface area (Å²) < 4.78 is 0. The molecule has 0 heterocycles. The van der Waals surface area contributed by atoms with Gasteiger partial charge < -0.3 is 5.73 Å². The van der Waals surface area contributed by atoms with Crippen molar-refractivity contribution in [3.63, 3.8) is 0 Å². The van der Waals surface area contributed by atoms with Gasteiger partial charge in [0.25, 0.3) is 0 Å². The number of hydrogen-bond donors (Lipinski definition) is 1. The Labute approximate surface area is 77.7 Å². The van der Waals surface area contributed by atoms with E-state index in [0.717, 1.165) is 12.8 Å². The Morgan fingerprint density at radius 3 is 1.25 bits per heavy atom. The van der Waals surface area contributed by atoms with Crippen molar-refractivity contribution in [1.82, 2.24) is 0 Å². The number of rotatable bonds is 5. The van der Waals surface area contributed by atoms with Crippen molar-refractivity contribution in [2.24, 2.45) is 11.1 Å². The molecule has 0 aromatic rings. The lowest BCUT2D eigenvalue weighted by Crippen LogP contribution is -2.52. The molecule has 0 aromatic heterocycles. The van der Waals surface area contributed by atoms with Gasteiger partial charge in [0.15, 0.2) is 0 Å². The lowest BCUT2D eigenvalue weighted by molar-refractivity contribution is 0.117. The molecule has 0 aliphatic rings. The van der Waals surface area contributed by atoms with E-state index in [-0.39, 0.29) is 5.54 Å². The first-order valence-electron chi connectivity index (χ1n) is 5.28. The topological polar surface area (TPSA) is 26.0 Å². The summed E-state index contributed by atoms with van der Waals surface area (Å²) in [4.78, 5) is 0. The Morgan fingerprint density at radius 1 is 0.833 bits per heavy atom. The van der Waals surface area contributed by atoms with Crippen molar-refractivity contribution >= 4 is 0 Å². The van der Waals surface area contributed by atoms with E-state index in [4.69, 9.17) is 5.73 Å². The van der Waals surface area contributed by atoms with Crippen LogP contribution in [0.15, 0.2) is 0 Å². The molecule has 0 rings (SSSR count). The molecule has 0 saturated heterocycles. The Bertz CT molecular complexity index is 105. The van der Waals surface area contributed by atoms with E-state index in [1.807, 2.05) is 0 Å². The molecule has 0 radical (unpaired) electrons. The smallest absolute Gasteiger partial charge is 0.0203 e. The summed E-state index contributed by atoms with van der Waals surface area (Å²) in [6.07, 6.45) is 4.53. The Morgan fingerprint density at radius 2 is 1.17 bits per heavy atom. The first-order chi connectivity index (χ1) is 5.49. The molecule has 0 spiro atoms. The molecular weight excluding hydrogens is 146 g/mol. The fourth-order valence-electron chi connectivity index (χ4n) is 2.06. The molecule has 0 aliphatic heterocycles. The Kier molecular flexibility index (Phi) is 4.25. The van der Waals surface area contributed by atoms with Crippen LogP contribution in [-0.2, 0) is 0 Å². The molecule has 0 atom stereocenters. The Balaban J connectivity index is 4.66. The normalized spacial score (nSPS) is 13.5. The zero-order valence-electron chi connectivity index (χ0n) is 9.41. The van der Waals surface area contributed by atoms with Crippen molar-refractivity contribution in [3.8, 4) is 0 Å². The van der Waals surface area contributed by atoms with Crippen LogP contribution in [0.5, 0.6) is 0 Å². The Hall–Kier alpha value is -0.0400. The second-order valence-electron chi connectivity index (χ2n) is 4.13. The van der Waals surface area contributed by atoms with Gasteiger partial charge in [-0.05, 0) is 31.1 Å². The monoisotopic (exact) mass is 171 g/mol. The van der Waals surface area contributed by atoms with Crippen LogP contribution in [0.4, 0.5) is 0 Å². The van der Waals surface area contributed by atoms with E-state index in [2.05, 4.69) is 34.6 Å². The van der Waals surface area contributed by atoms with Crippen molar-refractivity contribution < 1.29 is 0 Å². The lowest BCUT2D eigenvalue weighted by Gasteiger charge is -2.45. The first-order valence-corrected chi connectivity index (χ1v) is 5.28. The van der Waals surface area contributed by atoms with Crippen LogP contribution in [0, 0.1) is 5.41 Å². The fourth-order valence-corrected chi connectivity index (χ4v) is 2.06. The molecule has 0 unspecified atom stereocenters. The minimum Gasteiger partial charge on any atom is -0.325 e. The third kappa shape index (κ3) is 1.82. The van der Waals surface area contributed by atoms with Crippen molar-refractivity contribution in [3.05, 3.63) is 0 Å². The minimum atomic E-state index is 0.0382. The van der Waals surface area contributed by atoms with Crippen LogP contribution < -0.4 is 5.73 Å². The molecule has 0 bridgehead atoms. The van der Waals surface area contributed by atoms with Gasteiger partial charge in [-0.1, -0.05) is 34.6 Å². The van der Waals surface area contributed by atoms with E-state index in [0.29, 0.717) is 5.41 Å². The predicted molar refractivity (Wildman–Crippen MR) is 56.2 cm³/mol. The molecule has 1 heteroatoms. The van der Waals surface area contributed by atoms with Crippen molar-refractivity contribution in [2.45, 2.75) is 65.8 Å². The molecule has 2 N–H and O–H groups in total. The predicted octanol–water partition coefficient (Wildman–Crippen LogP) is 3.33. The number of hydrogen-bond acceptors (Lipinski definition) is 1. The highest BCUT2D eigenvalue weighted by molar-refractivity contribution is 4.96. The van der Waals surface area contributed by atoms with E-state index < -0.39 is 0 Å². The lowest BCUT2D eigenvalue weighted by atomic mass is 9.65. The van der Waals surface area contributed by atoms with Gasteiger partial charge in [0.05, 0.1) is 0 Å². The fraction of sp³-hybridized carbons (Fsp3) is 1.00. The minimum absolute atomic E-state index is 0.0382. The molecule has 74 valence electrons. The van der Waals surface area contributed by atoms with E-state index in [1.54, 1.807) is 0 Å². The zero-order chi connectivity index (χ0) is 9.83. The van der Waals surface area contributed by atoms with Gasteiger partial charge in [-0.15, -0.1) is 0 Å². The molecule has 0 saturated carbocycles. The van der Waals surface area contributed by atoms with Crippen LogP contribution in [0.3, 0.4) is 0 Å². The molecule has 0 amide bonds. The highest BCUT2D eigenvalue weighted by atomic mass is 14.8. The second-order valence-corrected chi connectivity index (χ2v) is 4.13. The summed E-state index contributed by atoms with van der Waals surface area (Å²) in [7, 11) is 0. The maximum absolute atomic E-state index is 6.40. The van der Waals surface area contributed by atoms with Crippen LogP contribution in [0.25, 0.3) is 0 Å². The van der Waals surface area contributed by atoms with E-state index in [1.165, 1.54) is 12.8 Å². The molecule has 0 fully saturated rings. The average molecular weight is 171 g/mol. The number of nitrogens with two attached hydrogens (primary N) is 1.